The van der Waals surface area contributed by atoms with Gasteiger partial charge in [-0.2, -0.15) is 0 Å². The molecule has 0 amide bonds. The fourth-order valence-electron chi connectivity index (χ4n) is 2.13. The first-order valence-corrected chi connectivity index (χ1v) is 7.99. The van der Waals surface area contributed by atoms with Gasteiger partial charge in [0.05, 0.1) is 18.6 Å². The highest BCUT2D eigenvalue weighted by molar-refractivity contribution is 6.32. The molecule has 0 aliphatic carbocycles. The molecule has 6 heteroatoms. The Kier molecular flexibility index (Phi) is 6.71. The van der Waals surface area contributed by atoms with Crippen LogP contribution in [0.3, 0.4) is 0 Å². The van der Waals surface area contributed by atoms with Crippen molar-refractivity contribution in [2.45, 2.75) is 12.8 Å². The van der Waals surface area contributed by atoms with Crippen molar-refractivity contribution in [2.75, 3.05) is 13.7 Å². The summed E-state index contributed by atoms with van der Waals surface area (Å²) >= 11 is 5.96. The number of hydrogen-bond acceptors (Lipinski definition) is 5. The standard InChI is InChI=1S/C19H17ClO5/c1-24-18-9-7-14(11-15(18)20)17(22)12-25-19(23)10-8-16(21)13-5-3-2-4-6-13/h2-7,9,11H,8,10,12H2,1H3. The first-order valence-electron chi connectivity index (χ1n) is 7.62. The monoisotopic (exact) mass is 360 g/mol. The highest BCUT2D eigenvalue weighted by Gasteiger charge is 2.14. The second kappa shape index (κ2) is 8.99. The molecule has 0 fully saturated rings. The lowest BCUT2D eigenvalue weighted by Gasteiger charge is -2.07. The molecule has 0 bridgehead atoms. The summed E-state index contributed by atoms with van der Waals surface area (Å²) in [6.07, 6.45) is -0.0459. The summed E-state index contributed by atoms with van der Waals surface area (Å²) in [6, 6.07) is 13.2. The number of carbonyl (C=O) groups excluding carboxylic acids is 3. The molecule has 130 valence electrons. The highest BCUT2D eigenvalue weighted by atomic mass is 35.5. The van der Waals surface area contributed by atoms with Crippen LogP contribution in [0.2, 0.25) is 5.02 Å². The van der Waals surface area contributed by atoms with Crippen molar-refractivity contribution in [3.05, 3.63) is 64.7 Å². The van der Waals surface area contributed by atoms with Gasteiger partial charge in [-0.3, -0.25) is 14.4 Å². The Morgan fingerprint density at radius 2 is 1.64 bits per heavy atom. The minimum atomic E-state index is -0.600. The van der Waals surface area contributed by atoms with Crippen LogP contribution < -0.4 is 4.74 Å². The minimum Gasteiger partial charge on any atom is -0.495 e. The zero-order valence-electron chi connectivity index (χ0n) is 13.7. The second-order valence-corrected chi connectivity index (χ2v) is 5.63. The quantitative estimate of drug-likeness (QED) is 0.530. The van der Waals surface area contributed by atoms with Crippen LogP contribution >= 0.6 is 11.6 Å². The molecule has 2 rings (SSSR count). The molecular weight excluding hydrogens is 344 g/mol. The lowest BCUT2D eigenvalue weighted by Crippen LogP contribution is -2.15. The van der Waals surface area contributed by atoms with Crippen LogP contribution in [0.5, 0.6) is 5.75 Å². The molecule has 0 saturated carbocycles. The molecule has 0 heterocycles. The number of benzene rings is 2. The molecule has 0 unspecified atom stereocenters. The summed E-state index contributed by atoms with van der Waals surface area (Å²) in [4.78, 5) is 35.6. The van der Waals surface area contributed by atoms with Crippen molar-refractivity contribution < 1.29 is 23.9 Å². The van der Waals surface area contributed by atoms with E-state index >= 15 is 0 Å². The molecule has 0 aliphatic heterocycles. The molecule has 0 aliphatic rings. The fraction of sp³-hybridized carbons (Fsp3) is 0.211. The number of ether oxygens (including phenoxy) is 2. The molecule has 0 spiro atoms. The third-order valence-electron chi connectivity index (χ3n) is 3.49. The van der Waals surface area contributed by atoms with Gasteiger partial charge < -0.3 is 9.47 Å². The largest absolute Gasteiger partial charge is 0.495 e. The second-order valence-electron chi connectivity index (χ2n) is 5.22. The van der Waals surface area contributed by atoms with E-state index in [1.807, 2.05) is 6.07 Å². The molecule has 25 heavy (non-hydrogen) atoms. The number of carbonyl (C=O) groups is 3. The minimum absolute atomic E-state index is 0.0331. The Hall–Kier alpha value is -2.66. The van der Waals surface area contributed by atoms with E-state index in [2.05, 4.69) is 0 Å². The topological polar surface area (TPSA) is 69.7 Å². The highest BCUT2D eigenvalue weighted by Crippen LogP contribution is 2.25. The number of Topliss-reactive ketones (excluding diaryl/α,β-unsaturated/α-hetero) is 2. The number of methoxy groups -OCH3 is 1. The van der Waals surface area contributed by atoms with Crippen molar-refractivity contribution in [2.24, 2.45) is 0 Å². The van der Waals surface area contributed by atoms with Gasteiger partial charge in [-0.25, -0.2) is 0 Å². The van der Waals surface area contributed by atoms with Crippen molar-refractivity contribution in [1.29, 1.82) is 0 Å². The van der Waals surface area contributed by atoms with Crippen molar-refractivity contribution in [3.8, 4) is 5.75 Å². The van der Waals surface area contributed by atoms with Crippen LogP contribution in [0.4, 0.5) is 0 Å². The fourth-order valence-corrected chi connectivity index (χ4v) is 2.38. The predicted octanol–water partition coefficient (Wildman–Crippen LogP) is 3.74. The van der Waals surface area contributed by atoms with E-state index in [0.717, 1.165) is 0 Å². The number of rotatable bonds is 8. The third kappa shape index (κ3) is 5.43. The molecule has 5 nitrogen and oxygen atoms in total. The van der Waals surface area contributed by atoms with Gasteiger partial charge in [0.2, 0.25) is 0 Å². The van der Waals surface area contributed by atoms with Crippen molar-refractivity contribution >= 4 is 29.1 Å². The molecule has 2 aromatic carbocycles. The van der Waals surface area contributed by atoms with Gasteiger partial charge in [-0.05, 0) is 18.2 Å². The molecule has 0 radical (unpaired) electrons. The van der Waals surface area contributed by atoms with Crippen LogP contribution in [-0.4, -0.2) is 31.3 Å². The molecule has 0 aromatic heterocycles. The van der Waals surface area contributed by atoms with Crippen LogP contribution in [0, 0.1) is 0 Å². The zero-order valence-corrected chi connectivity index (χ0v) is 14.4. The summed E-state index contributed by atoms with van der Waals surface area (Å²) < 4.78 is 9.93. The molecular formula is C19H17ClO5. The van der Waals surface area contributed by atoms with Gasteiger partial charge in [-0.15, -0.1) is 0 Å². The average Bonchev–Trinajstić information content (AvgIpc) is 2.64. The molecule has 0 N–H and O–H groups in total. The lowest BCUT2D eigenvalue weighted by molar-refractivity contribution is -0.142. The Labute approximate surface area is 150 Å². The van der Waals surface area contributed by atoms with E-state index in [9.17, 15) is 14.4 Å². The van der Waals surface area contributed by atoms with Gasteiger partial charge in [0, 0.05) is 17.5 Å². The SMILES string of the molecule is COc1ccc(C(=O)COC(=O)CCC(=O)c2ccccc2)cc1Cl. The predicted molar refractivity (Wildman–Crippen MR) is 93.3 cm³/mol. The van der Waals surface area contributed by atoms with Crippen LogP contribution in [0.15, 0.2) is 48.5 Å². The molecule has 0 atom stereocenters. The summed E-state index contributed by atoms with van der Waals surface area (Å²) in [5.74, 6) is -0.676. The normalized spacial score (nSPS) is 10.2. The smallest absolute Gasteiger partial charge is 0.306 e. The lowest BCUT2D eigenvalue weighted by atomic mass is 10.1. The summed E-state index contributed by atoms with van der Waals surface area (Å²) in [7, 11) is 1.47. The maximum Gasteiger partial charge on any atom is 0.306 e. The van der Waals surface area contributed by atoms with Crippen LogP contribution in [-0.2, 0) is 9.53 Å². The molecule has 0 saturated heterocycles. The summed E-state index contributed by atoms with van der Waals surface area (Å²) in [5.41, 5.74) is 0.859. The van der Waals surface area contributed by atoms with E-state index in [1.165, 1.54) is 13.2 Å². The van der Waals surface area contributed by atoms with E-state index < -0.39 is 12.6 Å². The van der Waals surface area contributed by atoms with Gasteiger partial charge in [0.15, 0.2) is 18.2 Å². The van der Waals surface area contributed by atoms with Gasteiger partial charge in [0.1, 0.15) is 5.75 Å². The Bertz CT molecular complexity index is 771. The number of hydrogen-bond donors (Lipinski definition) is 0. The summed E-state index contributed by atoms with van der Waals surface area (Å²) in [6.45, 7) is -0.402. The van der Waals surface area contributed by atoms with Gasteiger partial charge >= 0.3 is 5.97 Å². The van der Waals surface area contributed by atoms with E-state index in [-0.39, 0.29) is 24.4 Å². The zero-order chi connectivity index (χ0) is 18.2. The number of halogens is 1. The van der Waals surface area contributed by atoms with E-state index in [4.69, 9.17) is 21.1 Å². The van der Waals surface area contributed by atoms with E-state index in [1.54, 1.807) is 36.4 Å². The summed E-state index contributed by atoms with van der Waals surface area (Å²) in [5, 5.41) is 0.299. The van der Waals surface area contributed by atoms with Crippen LogP contribution in [0.1, 0.15) is 33.6 Å². The maximum absolute atomic E-state index is 12.0. The average molecular weight is 361 g/mol. The molecule has 2 aromatic rings. The van der Waals surface area contributed by atoms with Crippen molar-refractivity contribution in [3.63, 3.8) is 0 Å². The Balaban J connectivity index is 1.80. The van der Waals surface area contributed by atoms with Crippen LogP contribution in [0.25, 0.3) is 0 Å². The van der Waals surface area contributed by atoms with E-state index in [0.29, 0.717) is 21.9 Å². The first kappa shape index (κ1) is 18.7. The Morgan fingerprint density at radius 1 is 0.920 bits per heavy atom. The third-order valence-corrected chi connectivity index (χ3v) is 3.79. The maximum atomic E-state index is 12.0. The number of esters is 1. The van der Waals surface area contributed by atoms with Crippen molar-refractivity contribution in [1.82, 2.24) is 0 Å². The number of ketones is 2. The van der Waals surface area contributed by atoms with Gasteiger partial charge in [-0.1, -0.05) is 41.9 Å². The van der Waals surface area contributed by atoms with Gasteiger partial charge in [0.25, 0.3) is 0 Å². The first-order chi connectivity index (χ1) is 12.0. The Morgan fingerprint density at radius 3 is 2.28 bits per heavy atom.